The average Bonchev–Trinajstić information content (AvgIpc) is 3.15. The van der Waals surface area contributed by atoms with Crippen LogP contribution in [0, 0.1) is 0 Å². The number of hydrogen-bond acceptors (Lipinski definition) is 4. The summed E-state index contributed by atoms with van der Waals surface area (Å²) in [5.74, 6) is 1.82. The molecule has 5 heteroatoms. The van der Waals surface area contributed by atoms with Crippen molar-refractivity contribution in [2.24, 2.45) is 0 Å². The van der Waals surface area contributed by atoms with Crippen molar-refractivity contribution in [1.29, 1.82) is 0 Å². The second-order valence-corrected chi connectivity index (χ2v) is 5.39. The summed E-state index contributed by atoms with van der Waals surface area (Å²) in [7, 11) is 0. The van der Waals surface area contributed by atoms with Gasteiger partial charge in [0.05, 0.1) is 12.1 Å². The van der Waals surface area contributed by atoms with Crippen molar-refractivity contribution in [2.75, 3.05) is 5.32 Å². The Morgan fingerprint density at radius 2 is 2.06 bits per heavy atom. The standard InChI is InChI=1S/C13H19N3O2/c17-10-4-2-1-3-9(10)14-11-7-12(18)16-13(15-11)8-5-6-8/h7-10,17H,1-6H2,(H2,14,15,16,18). The van der Waals surface area contributed by atoms with Crippen LogP contribution in [0.15, 0.2) is 10.9 Å². The molecule has 0 bridgehead atoms. The van der Waals surface area contributed by atoms with Gasteiger partial charge in [0.15, 0.2) is 0 Å². The molecule has 1 aromatic rings. The predicted octanol–water partition coefficient (Wildman–Crippen LogP) is 1.36. The molecule has 0 amide bonds. The zero-order valence-corrected chi connectivity index (χ0v) is 10.4. The first-order chi connectivity index (χ1) is 8.72. The Bertz CT molecular complexity index is 481. The molecule has 3 N–H and O–H groups in total. The molecule has 2 atom stereocenters. The summed E-state index contributed by atoms with van der Waals surface area (Å²) in [4.78, 5) is 18.8. The zero-order valence-electron chi connectivity index (χ0n) is 10.4. The highest BCUT2D eigenvalue weighted by Gasteiger charge is 2.27. The van der Waals surface area contributed by atoms with Gasteiger partial charge in [-0.2, -0.15) is 0 Å². The molecule has 2 unspecified atom stereocenters. The molecule has 0 aliphatic heterocycles. The van der Waals surface area contributed by atoms with Crippen LogP contribution in [0.5, 0.6) is 0 Å². The summed E-state index contributed by atoms with van der Waals surface area (Å²) < 4.78 is 0. The number of H-pyrrole nitrogens is 1. The van der Waals surface area contributed by atoms with Gasteiger partial charge in [-0.15, -0.1) is 0 Å². The van der Waals surface area contributed by atoms with E-state index in [1.165, 1.54) is 6.07 Å². The Balaban J connectivity index is 1.76. The van der Waals surface area contributed by atoms with E-state index in [0.717, 1.165) is 44.3 Å². The molecule has 18 heavy (non-hydrogen) atoms. The normalized spacial score (nSPS) is 28.1. The monoisotopic (exact) mass is 249 g/mol. The number of aliphatic hydroxyl groups is 1. The molecule has 2 saturated carbocycles. The lowest BCUT2D eigenvalue weighted by atomic mass is 9.93. The number of nitrogens with one attached hydrogen (secondary N) is 2. The maximum atomic E-state index is 11.6. The second kappa shape index (κ2) is 4.72. The fraction of sp³-hybridized carbons (Fsp3) is 0.692. The highest BCUT2D eigenvalue weighted by Crippen LogP contribution is 2.37. The van der Waals surface area contributed by atoms with E-state index in [4.69, 9.17) is 0 Å². The van der Waals surface area contributed by atoms with Crippen LogP contribution < -0.4 is 10.9 Å². The first kappa shape index (κ1) is 11.7. The zero-order chi connectivity index (χ0) is 12.5. The van der Waals surface area contributed by atoms with Gasteiger partial charge in [-0.3, -0.25) is 4.79 Å². The van der Waals surface area contributed by atoms with E-state index in [1.807, 2.05) is 0 Å². The van der Waals surface area contributed by atoms with E-state index in [0.29, 0.717) is 11.7 Å². The molecule has 0 spiro atoms. The lowest BCUT2D eigenvalue weighted by Crippen LogP contribution is -2.37. The van der Waals surface area contributed by atoms with Crippen LogP contribution in [0.4, 0.5) is 5.82 Å². The van der Waals surface area contributed by atoms with E-state index in [2.05, 4.69) is 15.3 Å². The Morgan fingerprint density at radius 3 is 2.78 bits per heavy atom. The largest absolute Gasteiger partial charge is 0.391 e. The minimum absolute atomic E-state index is 0.0279. The summed E-state index contributed by atoms with van der Waals surface area (Å²) in [5, 5.41) is 13.1. The van der Waals surface area contributed by atoms with Crippen molar-refractivity contribution >= 4 is 5.82 Å². The minimum atomic E-state index is -0.329. The fourth-order valence-corrected chi connectivity index (χ4v) is 2.57. The van der Waals surface area contributed by atoms with Crippen LogP contribution in [0.2, 0.25) is 0 Å². The molecule has 1 heterocycles. The lowest BCUT2D eigenvalue weighted by molar-refractivity contribution is 0.116. The van der Waals surface area contributed by atoms with Crippen molar-refractivity contribution in [3.8, 4) is 0 Å². The first-order valence-electron chi connectivity index (χ1n) is 6.78. The number of rotatable bonds is 3. The molecule has 98 valence electrons. The topological polar surface area (TPSA) is 78.0 Å². The highest BCUT2D eigenvalue weighted by molar-refractivity contribution is 5.35. The van der Waals surface area contributed by atoms with E-state index >= 15 is 0 Å². The van der Waals surface area contributed by atoms with Crippen LogP contribution in [0.1, 0.15) is 50.3 Å². The van der Waals surface area contributed by atoms with Crippen LogP contribution in [0.25, 0.3) is 0 Å². The Hall–Kier alpha value is -1.36. The number of aromatic nitrogens is 2. The molecule has 1 aromatic heterocycles. The molecule has 3 rings (SSSR count). The van der Waals surface area contributed by atoms with Gasteiger partial charge in [-0.05, 0) is 25.7 Å². The van der Waals surface area contributed by atoms with E-state index in [9.17, 15) is 9.90 Å². The summed E-state index contributed by atoms with van der Waals surface area (Å²) in [6.45, 7) is 0. The Morgan fingerprint density at radius 1 is 1.28 bits per heavy atom. The number of hydrogen-bond donors (Lipinski definition) is 3. The fourth-order valence-electron chi connectivity index (χ4n) is 2.57. The predicted molar refractivity (Wildman–Crippen MR) is 68.7 cm³/mol. The second-order valence-electron chi connectivity index (χ2n) is 5.39. The summed E-state index contributed by atoms with van der Waals surface area (Å²) in [5.41, 5.74) is -0.111. The maximum absolute atomic E-state index is 11.6. The van der Waals surface area contributed by atoms with Gasteiger partial charge in [-0.25, -0.2) is 4.98 Å². The molecular weight excluding hydrogens is 230 g/mol. The van der Waals surface area contributed by atoms with E-state index < -0.39 is 0 Å². The van der Waals surface area contributed by atoms with Gasteiger partial charge in [-0.1, -0.05) is 12.8 Å². The molecule has 0 radical (unpaired) electrons. The Labute approximate surface area is 106 Å². The SMILES string of the molecule is O=c1cc(NC2CCCCC2O)nc(C2CC2)[nH]1. The lowest BCUT2D eigenvalue weighted by Gasteiger charge is -2.28. The first-order valence-corrected chi connectivity index (χ1v) is 6.78. The van der Waals surface area contributed by atoms with Crippen molar-refractivity contribution in [3.63, 3.8) is 0 Å². The molecular formula is C13H19N3O2. The van der Waals surface area contributed by atoms with Crippen molar-refractivity contribution in [2.45, 2.75) is 56.6 Å². The smallest absolute Gasteiger partial charge is 0.252 e. The number of anilines is 1. The van der Waals surface area contributed by atoms with Crippen LogP contribution in [0.3, 0.4) is 0 Å². The average molecular weight is 249 g/mol. The summed E-state index contributed by atoms with van der Waals surface area (Å²) in [6, 6.07) is 1.51. The molecule has 2 aliphatic carbocycles. The third-order valence-electron chi connectivity index (χ3n) is 3.79. The van der Waals surface area contributed by atoms with Gasteiger partial charge >= 0.3 is 0 Å². The molecule has 2 fully saturated rings. The van der Waals surface area contributed by atoms with Crippen LogP contribution >= 0.6 is 0 Å². The molecule has 2 aliphatic rings. The molecule has 0 saturated heterocycles. The minimum Gasteiger partial charge on any atom is -0.391 e. The number of nitrogens with zero attached hydrogens (tertiary/aromatic N) is 1. The Kier molecular flexibility index (Phi) is 3.07. The van der Waals surface area contributed by atoms with Gasteiger partial charge in [0.1, 0.15) is 11.6 Å². The molecule has 0 aromatic carbocycles. The maximum Gasteiger partial charge on any atom is 0.252 e. The van der Waals surface area contributed by atoms with Gasteiger partial charge in [0, 0.05) is 12.0 Å². The highest BCUT2D eigenvalue weighted by atomic mass is 16.3. The van der Waals surface area contributed by atoms with Crippen LogP contribution in [-0.4, -0.2) is 27.2 Å². The van der Waals surface area contributed by atoms with Crippen LogP contribution in [-0.2, 0) is 0 Å². The third-order valence-corrected chi connectivity index (χ3v) is 3.79. The van der Waals surface area contributed by atoms with Crippen molar-refractivity contribution in [3.05, 3.63) is 22.2 Å². The number of aliphatic hydroxyl groups excluding tert-OH is 1. The van der Waals surface area contributed by atoms with Crippen molar-refractivity contribution in [1.82, 2.24) is 9.97 Å². The third kappa shape index (κ3) is 2.56. The quantitative estimate of drug-likeness (QED) is 0.756. The number of aromatic amines is 1. The van der Waals surface area contributed by atoms with E-state index in [-0.39, 0.29) is 17.7 Å². The van der Waals surface area contributed by atoms with Gasteiger partial charge < -0.3 is 15.4 Å². The van der Waals surface area contributed by atoms with Gasteiger partial charge in [0.2, 0.25) is 0 Å². The summed E-state index contributed by atoms with van der Waals surface area (Å²) in [6.07, 6.45) is 5.86. The van der Waals surface area contributed by atoms with Crippen molar-refractivity contribution < 1.29 is 5.11 Å². The molecule has 5 nitrogen and oxygen atoms in total. The van der Waals surface area contributed by atoms with Gasteiger partial charge in [0.25, 0.3) is 5.56 Å². The summed E-state index contributed by atoms with van der Waals surface area (Å²) >= 11 is 0. The van der Waals surface area contributed by atoms with E-state index in [1.54, 1.807) is 0 Å².